The number of benzene rings is 1. The van der Waals surface area contributed by atoms with E-state index in [9.17, 15) is 13.2 Å². The third-order valence-electron chi connectivity index (χ3n) is 1.73. The van der Waals surface area contributed by atoms with Crippen molar-refractivity contribution in [3.63, 3.8) is 0 Å². The molecule has 1 rings (SSSR count). The summed E-state index contributed by atoms with van der Waals surface area (Å²) in [5.41, 5.74) is 5.27. The van der Waals surface area contributed by atoms with E-state index in [2.05, 4.69) is 4.99 Å². The Hall–Kier alpha value is -0.880. The molecule has 0 aliphatic rings. The minimum absolute atomic E-state index is 0. The third-order valence-corrected chi connectivity index (χ3v) is 2.40. The molecular weight excluding hydrogens is 273 g/mol. The van der Waals surface area contributed by atoms with Crippen LogP contribution in [0.2, 0.25) is 0 Å². The number of halogens is 4. The Kier molecular flexibility index (Phi) is 6.41. The first-order valence-corrected chi connectivity index (χ1v) is 5.56. The molecule has 96 valence electrons. The maximum atomic E-state index is 12.2. The Morgan fingerprint density at radius 1 is 1.29 bits per heavy atom. The van der Waals surface area contributed by atoms with E-state index in [-0.39, 0.29) is 12.4 Å². The number of rotatable bonds is 2. The van der Waals surface area contributed by atoms with Crippen LogP contribution in [0, 0.1) is 0 Å². The lowest BCUT2D eigenvalue weighted by molar-refractivity contribution is -0.137. The largest absolute Gasteiger partial charge is 1.00 e. The molecular formula is C10H11ClF3N2S-. The predicted molar refractivity (Wildman–Crippen MR) is 60.9 cm³/mol. The molecule has 0 radical (unpaired) electrons. The van der Waals surface area contributed by atoms with Crippen molar-refractivity contribution in [1.82, 2.24) is 0 Å². The highest BCUT2D eigenvalue weighted by Crippen LogP contribution is 2.30. The Morgan fingerprint density at radius 2 is 1.82 bits per heavy atom. The highest BCUT2D eigenvalue weighted by molar-refractivity contribution is 8.13. The molecule has 0 unspecified atom stereocenters. The first-order valence-electron chi connectivity index (χ1n) is 4.57. The van der Waals surface area contributed by atoms with Gasteiger partial charge in [0.1, 0.15) is 0 Å². The molecule has 0 aliphatic carbocycles. The van der Waals surface area contributed by atoms with Gasteiger partial charge in [-0.25, -0.2) is 4.99 Å². The minimum Gasteiger partial charge on any atom is -1.00 e. The van der Waals surface area contributed by atoms with Crippen LogP contribution in [0.15, 0.2) is 29.3 Å². The Bertz CT molecular complexity index is 376. The fraction of sp³-hybridized carbons (Fsp3) is 0.300. The van der Waals surface area contributed by atoms with E-state index >= 15 is 0 Å². The van der Waals surface area contributed by atoms with Crippen molar-refractivity contribution in [3.8, 4) is 0 Å². The van der Waals surface area contributed by atoms with Crippen molar-refractivity contribution >= 4 is 22.6 Å². The normalized spacial score (nSPS) is 12.1. The highest BCUT2D eigenvalue weighted by atomic mass is 35.5. The molecule has 0 amide bonds. The van der Waals surface area contributed by atoms with Gasteiger partial charge in [0.2, 0.25) is 0 Å². The second-order valence-electron chi connectivity index (χ2n) is 2.93. The summed E-state index contributed by atoms with van der Waals surface area (Å²) in [6.45, 7) is 1.92. The first kappa shape index (κ1) is 16.1. The van der Waals surface area contributed by atoms with Crippen molar-refractivity contribution in [3.05, 3.63) is 29.8 Å². The summed E-state index contributed by atoms with van der Waals surface area (Å²) >= 11 is 1.34. The maximum absolute atomic E-state index is 12.2. The van der Waals surface area contributed by atoms with E-state index < -0.39 is 11.7 Å². The van der Waals surface area contributed by atoms with Gasteiger partial charge in [-0.05, 0) is 30.0 Å². The summed E-state index contributed by atoms with van der Waals surface area (Å²) in [5.74, 6) is 0.774. The van der Waals surface area contributed by atoms with Crippen molar-refractivity contribution < 1.29 is 25.6 Å². The second kappa shape index (κ2) is 6.76. The molecule has 2 nitrogen and oxygen atoms in total. The van der Waals surface area contributed by atoms with Crippen LogP contribution in [0.25, 0.3) is 0 Å². The van der Waals surface area contributed by atoms with E-state index in [1.807, 2.05) is 6.92 Å². The lowest BCUT2D eigenvalue weighted by atomic mass is 10.2. The molecule has 0 fully saturated rings. The smallest absolute Gasteiger partial charge is 0.416 e. The average molecular weight is 284 g/mol. The van der Waals surface area contributed by atoms with Crippen LogP contribution >= 0.6 is 11.8 Å². The van der Waals surface area contributed by atoms with E-state index in [0.717, 1.165) is 17.9 Å². The van der Waals surface area contributed by atoms with Gasteiger partial charge in [0.05, 0.1) is 11.3 Å². The van der Waals surface area contributed by atoms with E-state index in [1.165, 1.54) is 23.9 Å². The van der Waals surface area contributed by atoms with E-state index in [1.54, 1.807) is 0 Å². The molecule has 17 heavy (non-hydrogen) atoms. The lowest BCUT2D eigenvalue weighted by Crippen LogP contribution is -3.00. The average Bonchev–Trinajstić information content (AvgIpc) is 2.17. The molecule has 0 spiro atoms. The summed E-state index contributed by atoms with van der Waals surface area (Å²) < 4.78 is 36.7. The van der Waals surface area contributed by atoms with Crippen molar-refractivity contribution in [1.29, 1.82) is 0 Å². The van der Waals surface area contributed by atoms with Gasteiger partial charge in [0, 0.05) is 0 Å². The Morgan fingerprint density at radius 3 is 2.24 bits per heavy atom. The number of amidine groups is 1. The number of alkyl halides is 3. The zero-order valence-electron chi connectivity index (χ0n) is 8.96. The minimum atomic E-state index is -4.31. The van der Waals surface area contributed by atoms with E-state index in [4.69, 9.17) is 5.73 Å². The van der Waals surface area contributed by atoms with E-state index in [0.29, 0.717) is 10.9 Å². The molecule has 0 aliphatic heterocycles. The molecule has 0 saturated heterocycles. The molecule has 1 aromatic carbocycles. The van der Waals surface area contributed by atoms with Gasteiger partial charge >= 0.3 is 6.18 Å². The quantitative estimate of drug-likeness (QED) is 0.631. The van der Waals surface area contributed by atoms with Gasteiger partial charge in [-0.15, -0.1) is 0 Å². The van der Waals surface area contributed by atoms with Gasteiger partial charge < -0.3 is 18.1 Å². The van der Waals surface area contributed by atoms with Crippen molar-refractivity contribution in [2.45, 2.75) is 13.1 Å². The van der Waals surface area contributed by atoms with Crippen LogP contribution in [-0.4, -0.2) is 10.9 Å². The van der Waals surface area contributed by atoms with Crippen LogP contribution < -0.4 is 18.1 Å². The van der Waals surface area contributed by atoms with Gasteiger partial charge in [-0.1, -0.05) is 18.7 Å². The molecule has 0 heterocycles. The number of hydrogen-bond acceptors (Lipinski definition) is 2. The molecule has 7 heteroatoms. The molecule has 2 N–H and O–H groups in total. The first-order chi connectivity index (χ1) is 7.43. The third kappa shape index (κ3) is 5.32. The number of aliphatic imine (C=N–C) groups is 1. The van der Waals surface area contributed by atoms with Crippen molar-refractivity contribution in [2.75, 3.05) is 5.75 Å². The SMILES string of the molecule is CCSC(N)=Nc1ccc(C(F)(F)F)cc1.[Cl-]. The van der Waals surface area contributed by atoms with Crippen LogP contribution in [-0.2, 0) is 6.18 Å². The second-order valence-corrected chi connectivity index (χ2v) is 4.21. The Labute approximate surface area is 108 Å². The summed E-state index contributed by atoms with van der Waals surface area (Å²) in [6.07, 6.45) is -4.31. The highest BCUT2D eigenvalue weighted by Gasteiger charge is 2.29. The number of nitrogens with two attached hydrogens (primary N) is 1. The molecule has 0 aromatic heterocycles. The van der Waals surface area contributed by atoms with Crippen LogP contribution in [0.4, 0.5) is 18.9 Å². The van der Waals surface area contributed by atoms with Crippen LogP contribution in [0.5, 0.6) is 0 Å². The summed E-state index contributed by atoms with van der Waals surface area (Å²) in [4.78, 5) is 3.96. The molecule has 0 bridgehead atoms. The van der Waals surface area contributed by atoms with Crippen LogP contribution in [0.1, 0.15) is 12.5 Å². The fourth-order valence-electron chi connectivity index (χ4n) is 1.03. The van der Waals surface area contributed by atoms with Crippen LogP contribution in [0.3, 0.4) is 0 Å². The molecule has 1 aromatic rings. The number of hydrogen-bond donors (Lipinski definition) is 1. The van der Waals surface area contributed by atoms with Crippen molar-refractivity contribution in [2.24, 2.45) is 10.7 Å². The predicted octanol–water partition coefficient (Wildman–Crippen LogP) is 0.409. The molecule has 0 saturated carbocycles. The standard InChI is InChI=1S/C10H11F3N2S.ClH/c1-2-16-9(14)15-8-5-3-7(4-6-8)10(11,12)13;/h3-6H,2H2,1H3,(H2,14,15);1H/p-1. The monoisotopic (exact) mass is 283 g/mol. The topological polar surface area (TPSA) is 38.4 Å². The zero-order valence-corrected chi connectivity index (χ0v) is 10.5. The van der Waals surface area contributed by atoms with Gasteiger partial charge in [-0.2, -0.15) is 13.2 Å². The summed E-state index contributed by atoms with van der Waals surface area (Å²) in [7, 11) is 0. The zero-order chi connectivity index (χ0) is 12.2. The van der Waals surface area contributed by atoms with Gasteiger partial charge in [0.25, 0.3) is 0 Å². The maximum Gasteiger partial charge on any atom is 0.416 e. The van der Waals surface area contributed by atoms with Gasteiger partial charge in [-0.3, -0.25) is 0 Å². The Balaban J connectivity index is 0.00000256. The molecule has 0 atom stereocenters. The number of nitrogens with zero attached hydrogens (tertiary/aromatic N) is 1. The summed E-state index contributed by atoms with van der Waals surface area (Å²) in [5, 5.41) is 0.349. The lowest BCUT2D eigenvalue weighted by Gasteiger charge is -2.06. The number of thioether (sulfide) groups is 1. The summed E-state index contributed by atoms with van der Waals surface area (Å²) in [6, 6.07) is 4.57. The fourth-order valence-corrected chi connectivity index (χ4v) is 1.50. The van der Waals surface area contributed by atoms with Gasteiger partial charge in [0.15, 0.2) is 5.17 Å².